The molecule has 2 N–H and O–H groups in total. The van der Waals surface area contributed by atoms with E-state index in [0.717, 1.165) is 16.1 Å². The molecule has 1 aromatic heterocycles. The average Bonchev–Trinajstić information content (AvgIpc) is 2.35. The molecule has 0 unspecified atom stereocenters. The van der Waals surface area contributed by atoms with Crippen LogP contribution in [0.15, 0.2) is 5.38 Å². The number of carboxylic acids is 1. The Morgan fingerprint density at radius 1 is 1.62 bits per heavy atom. The number of thiophene rings is 1. The van der Waals surface area contributed by atoms with Gasteiger partial charge in [0, 0.05) is 4.88 Å². The van der Waals surface area contributed by atoms with Crippen LogP contribution < -0.4 is 5.32 Å². The van der Waals surface area contributed by atoms with Crippen LogP contribution in [0.2, 0.25) is 0 Å². The molecule has 0 saturated heterocycles. The molecule has 0 spiro atoms. The predicted molar refractivity (Wildman–Crippen MR) is 54.5 cm³/mol. The van der Waals surface area contributed by atoms with E-state index in [2.05, 4.69) is 5.32 Å². The van der Waals surface area contributed by atoms with Crippen molar-refractivity contribution in [3.63, 3.8) is 0 Å². The molecule has 4 heteroatoms. The van der Waals surface area contributed by atoms with Crippen LogP contribution in [0, 0.1) is 13.8 Å². The van der Waals surface area contributed by atoms with Crippen molar-refractivity contribution in [2.24, 2.45) is 0 Å². The topological polar surface area (TPSA) is 49.3 Å². The van der Waals surface area contributed by atoms with Crippen LogP contribution in [-0.4, -0.2) is 17.1 Å². The number of nitrogens with one attached hydrogen (secondary N) is 1. The largest absolute Gasteiger partial charge is 0.480 e. The van der Waals surface area contributed by atoms with Crippen molar-refractivity contribution in [3.05, 3.63) is 15.8 Å². The summed E-state index contributed by atoms with van der Waals surface area (Å²) in [5.41, 5.74) is 2.07. The summed E-state index contributed by atoms with van der Waals surface area (Å²) in [7, 11) is 0. The lowest BCUT2D eigenvalue weighted by Gasteiger charge is -2.11. The van der Waals surface area contributed by atoms with Crippen LogP contribution in [-0.2, 0) is 4.79 Å². The number of carboxylic acid groups (broad SMARTS) is 1. The quantitative estimate of drug-likeness (QED) is 0.785. The fourth-order valence-electron chi connectivity index (χ4n) is 1.07. The van der Waals surface area contributed by atoms with Crippen molar-refractivity contribution < 1.29 is 9.90 Å². The van der Waals surface area contributed by atoms with E-state index in [9.17, 15) is 4.79 Å². The van der Waals surface area contributed by atoms with Crippen LogP contribution in [0.25, 0.3) is 0 Å². The molecule has 0 aliphatic carbocycles. The minimum atomic E-state index is -0.829. The number of rotatable bonds is 3. The van der Waals surface area contributed by atoms with Gasteiger partial charge in [-0.2, -0.15) is 0 Å². The summed E-state index contributed by atoms with van der Waals surface area (Å²) in [6, 6.07) is -0.535. The lowest BCUT2D eigenvalue weighted by Crippen LogP contribution is -2.25. The van der Waals surface area contributed by atoms with Gasteiger partial charge in [-0.3, -0.25) is 4.79 Å². The Hall–Kier alpha value is -1.03. The fourth-order valence-corrected chi connectivity index (χ4v) is 1.88. The number of aliphatic carboxylic acids is 1. The summed E-state index contributed by atoms with van der Waals surface area (Å²) in [5, 5.41) is 13.7. The maximum Gasteiger partial charge on any atom is 0.325 e. The monoisotopic (exact) mass is 199 g/mol. The van der Waals surface area contributed by atoms with Gasteiger partial charge in [-0.15, -0.1) is 11.3 Å². The second kappa shape index (κ2) is 3.79. The average molecular weight is 199 g/mol. The van der Waals surface area contributed by atoms with Gasteiger partial charge < -0.3 is 10.4 Å². The highest BCUT2D eigenvalue weighted by Crippen LogP contribution is 2.26. The Balaban J connectivity index is 2.79. The molecule has 1 atom stereocenters. The lowest BCUT2D eigenvalue weighted by atomic mass is 10.2. The molecule has 13 heavy (non-hydrogen) atoms. The van der Waals surface area contributed by atoms with E-state index >= 15 is 0 Å². The number of aryl methyl sites for hydroxylation is 2. The normalized spacial score (nSPS) is 12.5. The minimum absolute atomic E-state index is 0.535. The van der Waals surface area contributed by atoms with Gasteiger partial charge in [0.25, 0.3) is 0 Å². The zero-order chi connectivity index (χ0) is 10.0. The molecule has 0 aliphatic rings. The van der Waals surface area contributed by atoms with Crippen LogP contribution in [0.1, 0.15) is 17.4 Å². The van der Waals surface area contributed by atoms with Gasteiger partial charge >= 0.3 is 5.97 Å². The molecular weight excluding hydrogens is 186 g/mol. The molecule has 0 bridgehead atoms. The zero-order valence-corrected chi connectivity index (χ0v) is 8.73. The smallest absolute Gasteiger partial charge is 0.325 e. The first-order valence-corrected chi connectivity index (χ1v) is 4.94. The third-order valence-corrected chi connectivity index (χ3v) is 2.92. The Labute approximate surface area is 81.4 Å². The molecule has 1 rings (SSSR count). The van der Waals surface area contributed by atoms with Crippen LogP contribution in [0.5, 0.6) is 0 Å². The molecule has 0 fully saturated rings. The first-order chi connectivity index (χ1) is 6.02. The number of carbonyl (C=O) groups is 1. The Morgan fingerprint density at radius 3 is 2.62 bits per heavy atom. The summed E-state index contributed by atoms with van der Waals surface area (Å²) in [5.74, 6) is -0.829. The van der Waals surface area contributed by atoms with Crippen LogP contribution in [0.3, 0.4) is 0 Å². The molecule has 3 nitrogen and oxygen atoms in total. The van der Waals surface area contributed by atoms with E-state index in [1.165, 1.54) is 0 Å². The SMILES string of the molecule is Cc1csc(C)c1N[C@@H](C)C(=O)O. The van der Waals surface area contributed by atoms with Crippen molar-refractivity contribution in [2.75, 3.05) is 5.32 Å². The third-order valence-electron chi connectivity index (χ3n) is 1.89. The van der Waals surface area contributed by atoms with Gasteiger partial charge in [-0.1, -0.05) is 0 Å². The highest BCUT2D eigenvalue weighted by atomic mass is 32.1. The van der Waals surface area contributed by atoms with E-state index < -0.39 is 12.0 Å². The molecule has 0 saturated carbocycles. The summed E-state index contributed by atoms with van der Waals surface area (Å²) in [6.07, 6.45) is 0. The number of anilines is 1. The maximum absolute atomic E-state index is 10.6. The molecule has 0 aromatic carbocycles. The van der Waals surface area contributed by atoms with E-state index in [1.54, 1.807) is 18.3 Å². The highest BCUT2D eigenvalue weighted by molar-refractivity contribution is 7.10. The van der Waals surface area contributed by atoms with Gasteiger partial charge in [-0.25, -0.2) is 0 Å². The summed E-state index contributed by atoms with van der Waals surface area (Å²) < 4.78 is 0. The maximum atomic E-state index is 10.6. The van der Waals surface area contributed by atoms with E-state index in [-0.39, 0.29) is 0 Å². The van der Waals surface area contributed by atoms with Crippen LogP contribution in [0.4, 0.5) is 5.69 Å². The number of hydrogen-bond acceptors (Lipinski definition) is 3. The highest BCUT2D eigenvalue weighted by Gasteiger charge is 2.13. The molecule has 0 amide bonds. The van der Waals surface area contributed by atoms with Gasteiger partial charge in [0.15, 0.2) is 0 Å². The van der Waals surface area contributed by atoms with Crippen molar-refractivity contribution >= 4 is 23.0 Å². The Bertz CT molecular complexity index is 300. The first kappa shape index (κ1) is 10.1. The summed E-state index contributed by atoms with van der Waals surface area (Å²) >= 11 is 1.63. The van der Waals surface area contributed by atoms with E-state index in [1.807, 2.05) is 19.2 Å². The standard InChI is InChI=1S/C9H13NO2S/c1-5-4-13-7(3)8(5)10-6(2)9(11)12/h4,6,10H,1-3H3,(H,11,12)/t6-/m0/s1. The van der Waals surface area contributed by atoms with E-state index in [0.29, 0.717) is 0 Å². The van der Waals surface area contributed by atoms with Crippen molar-refractivity contribution in [1.29, 1.82) is 0 Å². The van der Waals surface area contributed by atoms with Crippen molar-refractivity contribution in [1.82, 2.24) is 0 Å². The molecule has 1 aromatic rings. The molecule has 1 heterocycles. The van der Waals surface area contributed by atoms with E-state index in [4.69, 9.17) is 5.11 Å². The Morgan fingerprint density at radius 2 is 2.23 bits per heavy atom. The Kier molecular flexibility index (Phi) is 2.93. The molecule has 72 valence electrons. The molecule has 0 radical (unpaired) electrons. The summed E-state index contributed by atoms with van der Waals surface area (Å²) in [4.78, 5) is 11.7. The lowest BCUT2D eigenvalue weighted by molar-refractivity contribution is -0.137. The second-order valence-corrected chi connectivity index (χ2v) is 4.14. The van der Waals surface area contributed by atoms with Crippen LogP contribution >= 0.6 is 11.3 Å². The van der Waals surface area contributed by atoms with Gasteiger partial charge in [0.05, 0.1) is 5.69 Å². The second-order valence-electron chi connectivity index (χ2n) is 3.05. The molecule has 0 aliphatic heterocycles. The summed E-state index contributed by atoms with van der Waals surface area (Å²) in [6.45, 7) is 5.59. The third kappa shape index (κ3) is 2.21. The van der Waals surface area contributed by atoms with Gasteiger partial charge in [0.1, 0.15) is 6.04 Å². The van der Waals surface area contributed by atoms with Gasteiger partial charge in [-0.05, 0) is 31.7 Å². The fraction of sp³-hybridized carbons (Fsp3) is 0.444. The van der Waals surface area contributed by atoms with Gasteiger partial charge in [0.2, 0.25) is 0 Å². The van der Waals surface area contributed by atoms with Crippen molar-refractivity contribution in [3.8, 4) is 0 Å². The van der Waals surface area contributed by atoms with Crippen molar-refractivity contribution in [2.45, 2.75) is 26.8 Å². The first-order valence-electron chi connectivity index (χ1n) is 4.06. The molecular formula is C9H13NO2S. The predicted octanol–water partition coefficient (Wildman–Crippen LogP) is 2.25. The number of hydrogen-bond donors (Lipinski definition) is 2. The zero-order valence-electron chi connectivity index (χ0n) is 7.92. The minimum Gasteiger partial charge on any atom is -0.480 e.